The predicted octanol–water partition coefficient (Wildman–Crippen LogP) is 2.56. The molecule has 0 aromatic rings. The first-order valence-corrected chi connectivity index (χ1v) is 20.1. The number of aliphatic hydroxyl groups excluding tert-OH is 2. The first-order chi connectivity index (χ1) is 24.9. The Balaban J connectivity index is 0.942. The van der Waals surface area contributed by atoms with Gasteiger partial charge in [0.15, 0.2) is 24.0 Å². The molecule has 52 heavy (non-hydrogen) atoms. The normalized spacial score (nSPS) is 63.8. The summed E-state index contributed by atoms with van der Waals surface area (Å²) in [5.74, 6) is -2.61. The van der Waals surface area contributed by atoms with Crippen molar-refractivity contribution in [3.05, 3.63) is 11.3 Å². The maximum Gasteiger partial charge on any atom is 0.320 e. The molecule has 0 unspecified atom stereocenters. The van der Waals surface area contributed by atoms with Gasteiger partial charge in [0, 0.05) is 40.4 Å². The number of allylic oxidation sites excluding steroid dienone is 1. The molecule has 0 radical (unpaired) electrons. The van der Waals surface area contributed by atoms with Crippen molar-refractivity contribution in [3.8, 4) is 0 Å². The Labute approximate surface area is 301 Å². The van der Waals surface area contributed by atoms with Crippen LogP contribution in [0.4, 0.5) is 0 Å². The van der Waals surface area contributed by atoms with Gasteiger partial charge in [-0.3, -0.25) is 14.4 Å². The Hall–Kier alpha value is -2.09. The van der Waals surface area contributed by atoms with Crippen LogP contribution in [0.1, 0.15) is 78.1 Å². The maximum atomic E-state index is 15.7. The van der Waals surface area contributed by atoms with Gasteiger partial charge in [-0.1, -0.05) is 13.8 Å². The summed E-state index contributed by atoms with van der Waals surface area (Å²) < 4.78 is 45.5. The van der Waals surface area contributed by atoms with Crippen LogP contribution in [0, 0.1) is 68.0 Å². The van der Waals surface area contributed by atoms with Crippen LogP contribution in [-0.4, -0.2) is 97.0 Å². The average Bonchev–Trinajstić information content (AvgIpc) is 3.94. The third kappa shape index (κ3) is 2.89. The molecule has 4 bridgehead atoms. The number of rotatable bonds is 0. The van der Waals surface area contributed by atoms with Crippen molar-refractivity contribution in [1.29, 1.82) is 0 Å². The Bertz CT molecular complexity index is 1810. The molecule has 6 saturated heterocycles. The zero-order chi connectivity index (χ0) is 35.2. The van der Waals surface area contributed by atoms with Crippen LogP contribution in [0.25, 0.3) is 0 Å². The monoisotopic (exact) mass is 720 g/mol. The van der Waals surface area contributed by atoms with E-state index in [0.29, 0.717) is 70.5 Å². The third-order valence-corrected chi connectivity index (χ3v) is 18.6. The number of aliphatic hydroxyl groups is 2. The molecule has 7 heterocycles. The molecule has 5 saturated carbocycles. The van der Waals surface area contributed by atoms with Crippen molar-refractivity contribution in [2.75, 3.05) is 26.4 Å². The Morgan fingerprint density at radius 1 is 0.654 bits per heavy atom. The van der Waals surface area contributed by atoms with Gasteiger partial charge >= 0.3 is 11.9 Å². The molecule has 280 valence electrons. The summed E-state index contributed by atoms with van der Waals surface area (Å²) in [7, 11) is 0. The van der Waals surface area contributed by atoms with Crippen molar-refractivity contribution in [2.45, 2.75) is 121 Å². The lowest BCUT2D eigenvalue weighted by molar-refractivity contribution is -0.253. The van der Waals surface area contributed by atoms with Gasteiger partial charge in [0.05, 0.1) is 38.6 Å². The van der Waals surface area contributed by atoms with Crippen LogP contribution < -0.4 is 0 Å². The van der Waals surface area contributed by atoms with Gasteiger partial charge in [-0.15, -0.1) is 0 Å². The summed E-state index contributed by atoms with van der Waals surface area (Å²) in [4.78, 5) is 45.0. The Kier molecular flexibility index (Phi) is 5.37. The fraction of sp³-hybridized carbons (Fsp3) is 0.875. The minimum atomic E-state index is -1.59. The van der Waals surface area contributed by atoms with Crippen molar-refractivity contribution < 1.29 is 57.8 Å². The molecular weight excluding hydrogens is 672 g/mol. The van der Waals surface area contributed by atoms with E-state index in [1.54, 1.807) is 0 Å². The lowest BCUT2D eigenvalue weighted by atomic mass is 9.43. The predicted molar refractivity (Wildman–Crippen MR) is 172 cm³/mol. The summed E-state index contributed by atoms with van der Waals surface area (Å²) in [5, 5.41) is 24.6. The number of carbonyl (C=O) groups is 3. The number of hydrogen-bond acceptors (Lipinski definition) is 12. The van der Waals surface area contributed by atoms with Crippen LogP contribution in [0.2, 0.25) is 0 Å². The zero-order valence-electron chi connectivity index (χ0n) is 29.8. The number of ether oxygens (including phenoxy) is 7. The van der Waals surface area contributed by atoms with E-state index < -0.39 is 88.0 Å². The van der Waals surface area contributed by atoms with Crippen LogP contribution in [0.3, 0.4) is 0 Å². The Morgan fingerprint density at radius 2 is 1.21 bits per heavy atom. The van der Waals surface area contributed by atoms with E-state index >= 15 is 4.79 Å². The largest absolute Gasteiger partial charge is 0.482 e. The molecule has 2 N–H and O–H groups in total. The average molecular weight is 721 g/mol. The number of carbonyl (C=O) groups excluding carboxylic acids is 3. The molecule has 13 aliphatic rings. The molecule has 5 spiro atoms. The first-order valence-electron chi connectivity index (χ1n) is 20.1. The summed E-state index contributed by atoms with van der Waals surface area (Å²) in [5.41, 5.74) is -5.06. The fourth-order valence-electron chi connectivity index (χ4n) is 17.1. The van der Waals surface area contributed by atoms with Gasteiger partial charge < -0.3 is 43.4 Å². The van der Waals surface area contributed by atoms with Gasteiger partial charge in [0.1, 0.15) is 28.8 Å². The minimum absolute atomic E-state index is 0.0494. The summed E-state index contributed by atoms with van der Waals surface area (Å²) >= 11 is 0. The standard InChI is InChI=1S/C40H48O12/c1-34-6-4-22-38(15-48-29(26(34)38)46-13-34)24-20(41)9-17-11-36(24,32(44)50-22)28-19(17)3-8-40(52-28)18-10-21(42)25-37(12-18,31(40)43)33(45)51-23-5-7-35(2)14-47-30-27(35)39(23,25)16-49-30/h17-18,20-27,29-30,41-42H,3-16H2,1-2H3/t17-,18-,20+,21+,22-,23-,24-,25-,26+,27+,29-,30-,34-,35-,36-,37-,38-,39-,40-/m0/s1. The van der Waals surface area contributed by atoms with E-state index in [9.17, 15) is 19.8 Å². The maximum absolute atomic E-state index is 15.7. The summed E-state index contributed by atoms with van der Waals surface area (Å²) in [6.45, 7) is 6.15. The fourth-order valence-corrected chi connectivity index (χ4v) is 17.1. The number of esters is 2. The van der Waals surface area contributed by atoms with Crippen LogP contribution in [0.15, 0.2) is 11.3 Å². The van der Waals surface area contributed by atoms with Crippen molar-refractivity contribution in [2.24, 2.45) is 68.0 Å². The van der Waals surface area contributed by atoms with Crippen molar-refractivity contribution in [1.82, 2.24) is 0 Å². The number of fused-ring (bicyclic) bond motifs is 4. The quantitative estimate of drug-likeness (QED) is 0.279. The summed E-state index contributed by atoms with van der Waals surface area (Å²) in [6, 6.07) is 0. The van der Waals surface area contributed by atoms with E-state index in [2.05, 4.69) is 13.8 Å². The summed E-state index contributed by atoms with van der Waals surface area (Å²) in [6.07, 6.45) is 1.94. The van der Waals surface area contributed by atoms with E-state index in [0.717, 1.165) is 18.4 Å². The minimum Gasteiger partial charge on any atom is -0.482 e. The highest BCUT2D eigenvalue weighted by molar-refractivity contribution is 6.11. The van der Waals surface area contributed by atoms with E-state index in [1.165, 1.54) is 0 Å². The van der Waals surface area contributed by atoms with E-state index in [4.69, 9.17) is 33.2 Å². The number of Topliss-reactive ketones (excluding diaryl/α,β-unsaturated/α-hetero) is 1. The third-order valence-electron chi connectivity index (χ3n) is 18.6. The smallest absolute Gasteiger partial charge is 0.320 e. The second kappa shape index (κ2) is 8.96. The molecular formula is C40H48O12. The van der Waals surface area contributed by atoms with Gasteiger partial charge in [-0.2, -0.15) is 0 Å². The molecule has 7 aliphatic heterocycles. The molecule has 0 amide bonds. The van der Waals surface area contributed by atoms with Crippen LogP contribution in [0.5, 0.6) is 0 Å². The van der Waals surface area contributed by atoms with Crippen LogP contribution in [-0.2, 0) is 47.5 Å². The Morgan fingerprint density at radius 3 is 1.85 bits per heavy atom. The molecule has 12 heteroatoms. The van der Waals surface area contributed by atoms with E-state index in [1.807, 2.05) is 0 Å². The highest BCUT2D eigenvalue weighted by Gasteiger charge is 2.86. The zero-order valence-corrected chi connectivity index (χ0v) is 29.8. The highest BCUT2D eigenvalue weighted by atomic mass is 16.7. The number of ketones is 1. The molecule has 6 aliphatic carbocycles. The van der Waals surface area contributed by atoms with Crippen molar-refractivity contribution >= 4 is 17.7 Å². The second-order valence-electron chi connectivity index (χ2n) is 20.3. The second-order valence-corrected chi connectivity index (χ2v) is 20.3. The SMILES string of the molecule is C[C@]12CC[C@@H]3OC(=O)[C@@]45C[C@H](C[C@@H](O)[C@@H]4[C@]34CO[C@H](OC1)[C@H]24)[C@@]1(CCC2=C(O1)[C@]13C[C@@H]2C[C@@H](O)[C@@H]1[C@]12CO[C@@H]4OC[C@](C)(CC[C@@H]1OC3=O)[C@@H]42)C5=O. The number of hydrogen-bond donors (Lipinski definition) is 2. The van der Waals surface area contributed by atoms with Crippen LogP contribution >= 0.6 is 0 Å². The van der Waals surface area contributed by atoms with Crippen molar-refractivity contribution in [3.63, 3.8) is 0 Å². The topological polar surface area (TPSA) is 156 Å². The molecule has 11 fully saturated rings. The van der Waals surface area contributed by atoms with E-state index in [-0.39, 0.29) is 53.4 Å². The molecule has 12 nitrogen and oxygen atoms in total. The molecule has 0 aromatic heterocycles. The lowest BCUT2D eigenvalue weighted by Crippen LogP contribution is -2.71. The molecule has 13 rings (SSSR count). The molecule has 19 atom stereocenters. The van der Waals surface area contributed by atoms with Gasteiger partial charge in [0.25, 0.3) is 0 Å². The lowest BCUT2D eigenvalue weighted by Gasteiger charge is -2.62. The van der Waals surface area contributed by atoms with Gasteiger partial charge in [-0.05, 0) is 86.5 Å². The van der Waals surface area contributed by atoms with Gasteiger partial charge in [0.2, 0.25) is 0 Å². The first kappa shape index (κ1) is 31.2. The molecule has 0 aromatic carbocycles. The van der Waals surface area contributed by atoms with Gasteiger partial charge in [-0.25, -0.2) is 0 Å². The highest BCUT2D eigenvalue weighted by Crippen LogP contribution is 2.78.